The van der Waals surface area contributed by atoms with Crippen LogP contribution in [0.15, 0.2) is 42.5 Å². The number of ether oxygens (including phenoxy) is 1. The molecule has 0 saturated carbocycles. The molecule has 1 heterocycles. The smallest absolute Gasteiger partial charge is 0.319 e. The molecule has 184 valence electrons. The van der Waals surface area contributed by atoms with Crippen LogP contribution in [0.1, 0.15) is 19.4 Å². The first-order valence-corrected chi connectivity index (χ1v) is 11.6. The maximum Gasteiger partial charge on any atom is 0.319 e. The van der Waals surface area contributed by atoms with E-state index in [0.717, 1.165) is 5.56 Å². The van der Waals surface area contributed by atoms with Gasteiger partial charge in [0.05, 0.1) is 5.69 Å². The van der Waals surface area contributed by atoms with Gasteiger partial charge in [-0.05, 0) is 49.7 Å². The van der Waals surface area contributed by atoms with Crippen molar-refractivity contribution in [3.63, 3.8) is 0 Å². The predicted molar refractivity (Wildman–Crippen MR) is 130 cm³/mol. The summed E-state index contributed by atoms with van der Waals surface area (Å²) >= 11 is 6.06. The van der Waals surface area contributed by atoms with Crippen LogP contribution in [0.4, 0.5) is 14.9 Å². The Balaban J connectivity index is 1.58. The Kier molecular flexibility index (Phi) is 9.09. The molecule has 2 atom stereocenters. The lowest BCUT2D eigenvalue weighted by Gasteiger charge is -2.44. The molecule has 4 N–H and O–H groups in total. The first-order chi connectivity index (χ1) is 16.3. The lowest BCUT2D eigenvalue weighted by atomic mass is 10.1. The van der Waals surface area contributed by atoms with Gasteiger partial charge in [0.25, 0.3) is 5.91 Å². The maximum atomic E-state index is 13.2. The number of amides is 3. The molecule has 1 fully saturated rings. The normalized spacial score (nSPS) is 18.4. The lowest BCUT2D eigenvalue weighted by molar-refractivity contribution is -0.139. The number of piperazine rings is 1. The number of rotatable bonds is 8. The van der Waals surface area contributed by atoms with Gasteiger partial charge in [0.2, 0.25) is 0 Å². The van der Waals surface area contributed by atoms with E-state index in [-0.39, 0.29) is 30.4 Å². The molecule has 0 radical (unpaired) electrons. The van der Waals surface area contributed by atoms with E-state index in [4.69, 9.17) is 22.1 Å². The van der Waals surface area contributed by atoms with Crippen molar-refractivity contribution in [2.75, 3.05) is 38.1 Å². The minimum absolute atomic E-state index is 0.0161. The van der Waals surface area contributed by atoms with Crippen LogP contribution in [0.3, 0.4) is 0 Å². The van der Waals surface area contributed by atoms with Crippen LogP contribution in [0.5, 0.6) is 5.75 Å². The SMILES string of the molecule is CC1CN(C(=O)COc2ccc(Cl)cc2NC(=O)NCCN)C(C)CN1Cc1ccc(F)cc1. The molecule has 0 aliphatic carbocycles. The fraction of sp³-hybridized carbons (Fsp3) is 0.417. The summed E-state index contributed by atoms with van der Waals surface area (Å²) in [5.74, 6) is -0.0543. The molecule has 34 heavy (non-hydrogen) atoms. The van der Waals surface area contributed by atoms with Gasteiger partial charge in [-0.25, -0.2) is 9.18 Å². The third-order valence-electron chi connectivity index (χ3n) is 5.71. The van der Waals surface area contributed by atoms with Crippen molar-refractivity contribution in [2.45, 2.75) is 32.5 Å². The van der Waals surface area contributed by atoms with E-state index in [9.17, 15) is 14.0 Å². The van der Waals surface area contributed by atoms with Gasteiger partial charge in [0, 0.05) is 49.8 Å². The first kappa shape index (κ1) is 25.7. The number of carbonyl (C=O) groups is 2. The number of urea groups is 1. The van der Waals surface area contributed by atoms with Gasteiger partial charge in [0.1, 0.15) is 11.6 Å². The zero-order valence-corrected chi connectivity index (χ0v) is 20.1. The Morgan fingerprint density at radius 3 is 2.59 bits per heavy atom. The highest BCUT2D eigenvalue weighted by atomic mass is 35.5. The number of hydrogen-bond donors (Lipinski definition) is 3. The summed E-state index contributed by atoms with van der Waals surface area (Å²) < 4.78 is 19.0. The van der Waals surface area contributed by atoms with Crippen molar-refractivity contribution >= 4 is 29.2 Å². The van der Waals surface area contributed by atoms with Gasteiger partial charge in [-0.2, -0.15) is 0 Å². The second-order valence-electron chi connectivity index (χ2n) is 8.40. The van der Waals surface area contributed by atoms with E-state index in [1.54, 1.807) is 30.3 Å². The molecule has 1 aliphatic heterocycles. The van der Waals surface area contributed by atoms with Crippen LogP contribution in [0.2, 0.25) is 5.02 Å². The molecule has 2 aromatic rings. The molecule has 8 nitrogen and oxygen atoms in total. The highest BCUT2D eigenvalue weighted by Gasteiger charge is 2.32. The van der Waals surface area contributed by atoms with Gasteiger partial charge in [-0.1, -0.05) is 23.7 Å². The van der Waals surface area contributed by atoms with Gasteiger partial charge >= 0.3 is 6.03 Å². The fourth-order valence-electron chi connectivity index (χ4n) is 3.89. The van der Waals surface area contributed by atoms with Gasteiger partial charge < -0.3 is 26.0 Å². The summed E-state index contributed by atoms with van der Waals surface area (Å²) in [6.07, 6.45) is 0. The summed E-state index contributed by atoms with van der Waals surface area (Å²) in [4.78, 5) is 29.1. The Morgan fingerprint density at radius 2 is 1.88 bits per heavy atom. The minimum Gasteiger partial charge on any atom is -0.482 e. The van der Waals surface area contributed by atoms with E-state index < -0.39 is 6.03 Å². The average molecular weight is 492 g/mol. The molecule has 0 spiro atoms. The second kappa shape index (κ2) is 12.0. The highest BCUT2D eigenvalue weighted by molar-refractivity contribution is 6.31. The quantitative estimate of drug-likeness (QED) is 0.527. The summed E-state index contributed by atoms with van der Waals surface area (Å²) in [5, 5.41) is 5.70. The maximum absolute atomic E-state index is 13.2. The van der Waals surface area contributed by atoms with Gasteiger partial charge in [0.15, 0.2) is 6.61 Å². The van der Waals surface area contributed by atoms with Crippen molar-refractivity contribution in [1.82, 2.24) is 15.1 Å². The lowest BCUT2D eigenvalue weighted by Crippen LogP contribution is -2.58. The molecular weight excluding hydrogens is 461 g/mol. The number of halogens is 2. The molecule has 1 aliphatic rings. The molecule has 2 aromatic carbocycles. The molecule has 0 bridgehead atoms. The number of nitrogens with two attached hydrogens (primary N) is 1. The number of nitrogens with zero attached hydrogens (tertiary/aromatic N) is 2. The Hall–Kier alpha value is -2.88. The topological polar surface area (TPSA) is 99.9 Å². The van der Waals surface area contributed by atoms with E-state index in [1.807, 2.05) is 11.8 Å². The number of anilines is 1. The first-order valence-electron chi connectivity index (χ1n) is 11.2. The van der Waals surface area contributed by atoms with Gasteiger partial charge in [-0.15, -0.1) is 0 Å². The molecular formula is C24H31ClFN5O3. The number of carbonyl (C=O) groups excluding carboxylic acids is 2. The third-order valence-corrected chi connectivity index (χ3v) is 5.94. The van der Waals surface area contributed by atoms with Crippen molar-refractivity contribution in [3.8, 4) is 5.75 Å². The second-order valence-corrected chi connectivity index (χ2v) is 8.84. The van der Waals surface area contributed by atoms with Crippen LogP contribution < -0.4 is 21.1 Å². The zero-order valence-electron chi connectivity index (χ0n) is 19.4. The van der Waals surface area contributed by atoms with Crippen LogP contribution in [0, 0.1) is 5.82 Å². The average Bonchev–Trinajstić information content (AvgIpc) is 2.80. The third kappa shape index (κ3) is 7.06. The van der Waals surface area contributed by atoms with Crippen LogP contribution in [0.25, 0.3) is 0 Å². The van der Waals surface area contributed by atoms with Crippen molar-refractivity contribution in [3.05, 3.63) is 58.9 Å². The number of hydrogen-bond acceptors (Lipinski definition) is 5. The molecule has 0 aromatic heterocycles. The summed E-state index contributed by atoms with van der Waals surface area (Å²) in [5.41, 5.74) is 6.79. The van der Waals surface area contributed by atoms with Crippen molar-refractivity contribution in [1.29, 1.82) is 0 Å². The monoisotopic (exact) mass is 491 g/mol. The molecule has 2 unspecified atom stereocenters. The summed E-state index contributed by atoms with van der Waals surface area (Å²) in [6, 6.07) is 11.0. The number of benzene rings is 2. The highest BCUT2D eigenvalue weighted by Crippen LogP contribution is 2.28. The van der Waals surface area contributed by atoms with Crippen LogP contribution in [-0.2, 0) is 11.3 Å². The standard InChI is InChI=1S/C24H31ClFN5O3/c1-16-13-31(17(2)12-30(16)14-18-3-6-20(26)7-4-18)23(32)15-34-22-8-5-19(25)11-21(22)29-24(33)28-10-9-27/h3-8,11,16-17H,9-10,12-15,27H2,1-2H3,(H2,28,29,33). The van der Waals surface area contributed by atoms with E-state index in [0.29, 0.717) is 49.2 Å². The molecule has 3 amide bonds. The zero-order chi connectivity index (χ0) is 24.7. The summed E-state index contributed by atoms with van der Waals surface area (Å²) in [6.45, 7) is 6.47. The Morgan fingerprint density at radius 1 is 1.15 bits per heavy atom. The number of nitrogens with one attached hydrogen (secondary N) is 2. The van der Waals surface area contributed by atoms with E-state index in [1.165, 1.54) is 12.1 Å². The Labute approximate surface area is 204 Å². The van der Waals surface area contributed by atoms with Crippen LogP contribution >= 0.6 is 11.6 Å². The molecule has 10 heteroatoms. The predicted octanol–water partition coefficient (Wildman–Crippen LogP) is 3.06. The van der Waals surface area contributed by atoms with Crippen molar-refractivity contribution in [2.24, 2.45) is 5.73 Å². The van der Waals surface area contributed by atoms with Crippen LogP contribution in [-0.4, -0.2) is 66.6 Å². The molecule has 1 saturated heterocycles. The Bertz CT molecular complexity index is 991. The summed E-state index contributed by atoms with van der Waals surface area (Å²) in [7, 11) is 0. The van der Waals surface area contributed by atoms with E-state index in [2.05, 4.69) is 22.5 Å². The van der Waals surface area contributed by atoms with Gasteiger partial charge in [-0.3, -0.25) is 9.69 Å². The van der Waals surface area contributed by atoms with E-state index >= 15 is 0 Å². The van der Waals surface area contributed by atoms with Crippen molar-refractivity contribution < 1.29 is 18.7 Å². The largest absolute Gasteiger partial charge is 0.482 e. The fourth-order valence-corrected chi connectivity index (χ4v) is 4.06. The minimum atomic E-state index is -0.441. The molecule has 3 rings (SSSR count).